The average molecular weight is 433 g/mol. The summed E-state index contributed by atoms with van der Waals surface area (Å²) in [4.78, 5) is 13.0. The van der Waals surface area contributed by atoms with Crippen LogP contribution in [0.4, 0.5) is 5.69 Å². The normalized spacial score (nSPS) is 23.2. The summed E-state index contributed by atoms with van der Waals surface area (Å²) in [5.41, 5.74) is 1.23. The van der Waals surface area contributed by atoms with E-state index in [1.54, 1.807) is 36.4 Å². The van der Waals surface area contributed by atoms with Crippen LogP contribution < -0.4 is 9.62 Å². The lowest BCUT2D eigenvalue weighted by Gasteiger charge is -2.27. The standard InChI is InChI=1S/C22H25ClN2O3S/c1-15-7-10-18(13-20(15)23)25(29(27,28)19-5-3-2-4-6-19)14-22(26)24-21-12-16-8-9-17(21)11-16/h2-7,10,13,16-17,21H,8-9,11-12,14H2,1H3,(H,24,26)/t16-,17-,21-/m1/s1. The quantitative estimate of drug-likeness (QED) is 0.745. The van der Waals surface area contributed by atoms with Gasteiger partial charge in [-0.05, 0) is 67.9 Å². The first kappa shape index (κ1) is 20.2. The Kier molecular flexibility index (Phi) is 5.58. The smallest absolute Gasteiger partial charge is 0.264 e. The summed E-state index contributed by atoms with van der Waals surface area (Å²) in [5, 5.41) is 3.54. The molecule has 4 rings (SSSR count). The maximum Gasteiger partial charge on any atom is 0.264 e. The van der Waals surface area contributed by atoms with Crippen LogP contribution in [-0.4, -0.2) is 26.9 Å². The number of nitrogens with one attached hydrogen (secondary N) is 1. The topological polar surface area (TPSA) is 66.5 Å². The molecule has 7 heteroatoms. The first-order valence-corrected chi connectivity index (χ1v) is 11.8. The van der Waals surface area contributed by atoms with E-state index in [-0.39, 0.29) is 23.4 Å². The summed E-state index contributed by atoms with van der Waals surface area (Å²) in [7, 11) is -3.91. The predicted octanol–water partition coefficient (Wildman–Crippen LogP) is 4.15. The second-order valence-electron chi connectivity index (χ2n) is 8.11. The molecule has 1 amide bonds. The van der Waals surface area contributed by atoms with Crippen molar-refractivity contribution in [3.05, 3.63) is 59.1 Å². The largest absolute Gasteiger partial charge is 0.352 e. The van der Waals surface area contributed by atoms with Crippen LogP contribution in [-0.2, 0) is 14.8 Å². The van der Waals surface area contributed by atoms with Crippen LogP contribution in [0.15, 0.2) is 53.4 Å². The van der Waals surface area contributed by atoms with E-state index in [0.717, 1.165) is 22.7 Å². The average Bonchev–Trinajstić information content (AvgIpc) is 3.32. The number of carbonyl (C=O) groups excluding carboxylic acids is 1. The molecule has 0 heterocycles. The monoisotopic (exact) mass is 432 g/mol. The minimum Gasteiger partial charge on any atom is -0.352 e. The summed E-state index contributed by atoms with van der Waals surface area (Å²) in [6, 6.07) is 13.4. The number of fused-ring (bicyclic) bond motifs is 2. The molecule has 0 spiro atoms. The highest BCUT2D eigenvalue weighted by atomic mass is 35.5. The first-order valence-electron chi connectivity index (χ1n) is 9.98. The third-order valence-corrected chi connectivity index (χ3v) is 8.34. The zero-order chi connectivity index (χ0) is 20.6. The number of anilines is 1. The Morgan fingerprint density at radius 2 is 1.90 bits per heavy atom. The molecule has 2 aliphatic rings. The van der Waals surface area contributed by atoms with Gasteiger partial charge >= 0.3 is 0 Å². The van der Waals surface area contributed by atoms with E-state index in [1.807, 2.05) is 6.92 Å². The lowest BCUT2D eigenvalue weighted by molar-refractivity contribution is -0.120. The van der Waals surface area contributed by atoms with Crippen molar-refractivity contribution < 1.29 is 13.2 Å². The molecule has 2 bridgehead atoms. The van der Waals surface area contributed by atoms with Crippen LogP contribution in [0.25, 0.3) is 0 Å². The SMILES string of the molecule is Cc1ccc(N(CC(=O)N[C@@H]2C[C@@H]3CC[C@@H]2C3)S(=O)(=O)c2ccccc2)cc1Cl. The number of carbonyl (C=O) groups is 1. The van der Waals surface area contributed by atoms with Gasteiger partial charge in [-0.15, -0.1) is 0 Å². The van der Waals surface area contributed by atoms with Crippen LogP contribution >= 0.6 is 11.6 Å². The third kappa shape index (κ3) is 4.14. The third-order valence-electron chi connectivity index (χ3n) is 6.15. The van der Waals surface area contributed by atoms with E-state index in [0.29, 0.717) is 22.5 Å². The zero-order valence-electron chi connectivity index (χ0n) is 16.3. The van der Waals surface area contributed by atoms with Gasteiger partial charge in [-0.1, -0.05) is 42.3 Å². The fourth-order valence-corrected chi connectivity index (χ4v) is 6.18. The number of aryl methyl sites for hydroxylation is 1. The molecular formula is C22H25ClN2O3S. The minimum atomic E-state index is -3.91. The Morgan fingerprint density at radius 1 is 1.14 bits per heavy atom. The van der Waals surface area contributed by atoms with Gasteiger partial charge < -0.3 is 5.32 Å². The first-order chi connectivity index (χ1) is 13.8. The van der Waals surface area contributed by atoms with E-state index in [1.165, 1.54) is 25.0 Å². The molecule has 0 unspecified atom stereocenters. The Morgan fingerprint density at radius 3 is 2.52 bits per heavy atom. The molecule has 0 saturated heterocycles. The molecule has 0 aliphatic heterocycles. The van der Waals surface area contributed by atoms with Crippen molar-refractivity contribution in [2.45, 2.75) is 43.5 Å². The molecule has 2 aliphatic carbocycles. The van der Waals surface area contributed by atoms with Crippen molar-refractivity contribution >= 4 is 33.2 Å². The van der Waals surface area contributed by atoms with Gasteiger partial charge in [0.25, 0.3) is 10.0 Å². The van der Waals surface area contributed by atoms with Crippen LogP contribution in [0.1, 0.15) is 31.2 Å². The Hall–Kier alpha value is -2.05. The number of nitrogens with zero attached hydrogens (tertiary/aromatic N) is 1. The van der Waals surface area contributed by atoms with E-state index in [2.05, 4.69) is 5.32 Å². The molecule has 5 nitrogen and oxygen atoms in total. The van der Waals surface area contributed by atoms with Crippen LogP contribution in [0.3, 0.4) is 0 Å². The Balaban J connectivity index is 1.61. The van der Waals surface area contributed by atoms with Gasteiger partial charge in [-0.2, -0.15) is 0 Å². The number of sulfonamides is 1. The molecule has 29 heavy (non-hydrogen) atoms. The molecule has 2 fully saturated rings. The minimum absolute atomic E-state index is 0.143. The van der Waals surface area contributed by atoms with Crippen LogP contribution in [0.5, 0.6) is 0 Å². The predicted molar refractivity (Wildman–Crippen MR) is 115 cm³/mol. The van der Waals surface area contributed by atoms with E-state index in [4.69, 9.17) is 11.6 Å². The molecule has 2 aromatic rings. The van der Waals surface area contributed by atoms with Crippen molar-refractivity contribution in [1.82, 2.24) is 5.32 Å². The molecule has 3 atom stereocenters. The van der Waals surface area contributed by atoms with Gasteiger partial charge in [0.2, 0.25) is 5.91 Å². The highest BCUT2D eigenvalue weighted by molar-refractivity contribution is 7.92. The van der Waals surface area contributed by atoms with Crippen molar-refractivity contribution in [3.63, 3.8) is 0 Å². The highest BCUT2D eigenvalue weighted by Crippen LogP contribution is 2.44. The molecule has 1 N–H and O–H groups in total. The van der Waals surface area contributed by atoms with Gasteiger partial charge in [0, 0.05) is 11.1 Å². The number of amides is 1. The molecule has 0 aromatic heterocycles. The van der Waals surface area contributed by atoms with Crippen LogP contribution in [0, 0.1) is 18.8 Å². The zero-order valence-corrected chi connectivity index (χ0v) is 17.9. The maximum absolute atomic E-state index is 13.3. The fraction of sp³-hybridized carbons (Fsp3) is 0.409. The second kappa shape index (κ2) is 8.00. The highest BCUT2D eigenvalue weighted by Gasteiger charge is 2.40. The molecule has 154 valence electrons. The summed E-state index contributed by atoms with van der Waals surface area (Å²) in [5.74, 6) is 0.945. The van der Waals surface area contributed by atoms with E-state index < -0.39 is 10.0 Å². The van der Waals surface area contributed by atoms with Gasteiger partial charge in [-0.25, -0.2) is 8.42 Å². The molecule has 0 radical (unpaired) electrons. The molecular weight excluding hydrogens is 408 g/mol. The fourth-order valence-electron chi connectivity index (χ4n) is 4.58. The lowest BCUT2D eigenvalue weighted by atomic mass is 9.95. The van der Waals surface area contributed by atoms with E-state index >= 15 is 0 Å². The summed E-state index contributed by atoms with van der Waals surface area (Å²) < 4.78 is 27.8. The number of halogens is 1. The number of hydrogen-bond donors (Lipinski definition) is 1. The summed E-state index contributed by atoms with van der Waals surface area (Å²) in [6.07, 6.45) is 4.56. The van der Waals surface area contributed by atoms with Crippen molar-refractivity contribution in [2.24, 2.45) is 11.8 Å². The lowest BCUT2D eigenvalue weighted by Crippen LogP contribution is -2.46. The number of rotatable bonds is 6. The molecule has 2 saturated carbocycles. The van der Waals surface area contributed by atoms with Gasteiger partial charge in [0.15, 0.2) is 0 Å². The molecule has 2 aromatic carbocycles. The second-order valence-corrected chi connectivity index (χ2v) is 10.4. The number of hydrogen-bond acceptors (Lipinski definition) is 3. The van der Waals surface area contributed by atoms with Crippen LogP contribution in [0.2, 0.25) is 5.02 Å². The van der Waals surface area contributed by atoms with Crippen molar-refractivity contribution in [3.8, 4) is 0 Å². The van der Waals surface area contributed by atoms with E-state index in [9.17, 15) is 13.2 Å². The van der Waals surface area contributed by atoms with Crippen molar-refractivity contribution in [2.75, 3.05) is 10.8 Å². The summed E-state index contributed by atoms with van der Waals surface area (Å²) >= 11 is 6.25. The summed E-state index contributed by atoms with van der Waals surface area (Å²) in [6.45, 7) is 1.58. The van der Waals surface area contributed by atoms with Gasteiger partial charge in [0.05, 0.1) is 10.6 Å². The van der Waals surface area contributed by atoms with Gasteiger partial charge in [0.1, 0.15) is 6.54 Å². The Labute approximate surface area is 177 Å². The van der Waals surface area contributed by atoms with Crippen molar-refractivity contribution in [1.29, 1.82) is 0 Å². The maximum atomic E-state index is 13.3. The Bertz CT molecular complexity index is 1010. The van der Waals surface area contributed by atoms with Gasteiger partial charge in [-0.3, -0.25) is 9.10 Å². The number of benzene rings is 2.